The number of nitro groups is 1. The number of rotatable bonds is 3. The van der Waals surface area contributed by atoms with E-state index in [0.717, 1.165) is 12.0 Å². The van der Waals surface area contributed by atoms with E-state index in [4.69, 9.17) is 10.5 Å². The number of aryl methyl sites for hydroxylation is 1. The van der Waals surface area contributed by atoms with Gasteiger partial charge < -0.3 is 10.5 Å². The molecular formula is C13H18N2O3. The number of hydrogen-bond donors (Lipinski definition) is 1. The van der Waals surface area contributed by atoms with Gasteiger partial charge in [0.2, 0.25) is 0 Å². The Hall–Kier alpha value is -1.62. The molecule has 1 aromatic rings. The minimum atomic E-state index is -0.409. The van der Waals surface area contributed by atoms with E-state index < -0.39 is 4.92 Å². The Bertz CT molecular complexity index is 485. The Labute approximate surface area is 106 Å². The molecule has 0 aliphatic heterocycles. The predicted octanol–water partition coefficient (Wildman–Crippen LogP) is 2.41. The summed E-state index contributed by atoms with van der Waals surface area (Å²) in [5, 5.41) is 11.0. The molecule has 1 aliphatic carbocycles. The van der Waals surface area contributed by atoms with E-state index >= 15 is 0 Å². The van der Waals surface area contributed by atoms with Crippen molar-refractivity contribution in [2.24, 2.45) is 11.1 Å². The number of nitrogens with two attached hydrogens (primary N) is 1. The molecule has 2 unspecified atom stereocenters. The van der Waals surface area contributed by atoms with Crippen molar-refractivity contribution >= 4 is 5.69 Å². The molecule has 1 fully saturated rings. The van der Waals surface area contributed by atoms with Crippen LogP contribution in [0.1, 0.15) is 25.8 Å². The van der Waals surface area contributed by atoms with E-state index in [1.807, 2.05) is 26.8 Å². The minimum absolute atomic E-state index is 0.0197. The number of hydrogen-bond acceptors (Lipinski definition) is 4. The van der Waals surface area contributed by atoms with Crippen molar-refractivity contribution in [3.05, 3.63) is 33.9 Å². The van der Waals surface area contributed by atoms with Gasteiger partial charge in [-0.3, -0.25) is 10.1 Å². The lowest BCUT2D eigenvalue weighted by atomic mass is 9.65. The van der Waals surface area contributed by atoms with Crippen LogP contribution in [0.15, 0.2) is 18.2 Å². The van der Waals surface area contributed by atoms with Crippen molar-refractivity contribution in [1.82, 2.24) is 0 Å². The van der Waals surface area contributed by atoms with Gasteiger partial charge >= 0.3 is 5.69 Å². The Kier molecular flexibility index (Phi) is 3.02. The van der Waals surface area contributed by atoms with E-state index in [0.29, 0.717) is 5.75 Å². The van der Waals surface area contributed by atoms with Crippen LogP contribution >= 0.6 is 0 Å². The molecule has 5 nitrogen and oxygen atoms in total. The van der Waals surface area contributed by atoms with Crippen molar-refractivity contribution in [3.63, 3.8) is 0 Å². The summed E-state index contributed by atoms with van der Waals surface area (Å²) >= 11 is 0. The van der Waals surface area contributed by atoms with Gasteiger partial charge in [-0.25, -0.2) is 0 Å². The van der Waals surface area contributed by atoms with Gasteiger partial charge in [0.25, 0.3) is 0 Å². The molecule has 1 saturated carbocycles. The highest BCUT2D eigenvalue weighted by Crippen LogP contribution is 2.44. The molecule has 1 aromatic carbocycles. The van der Waals surface area contributed by atoms with Gasteiger partial charge in [0.05, 0.1) is 4.92 Å². The molecule has 2 rings (SSSR count). The zero-order valence-corrected chi connectivity index (χ0v) is 10.8. The fraction of sp³-hybridized carbons (Fsp3) is 0.538. The third kappa shape index (κ3) is 1.95. The molecule has 2 N–H and O–H groups in total. The van der Waals surface area contributed by atoms with Gasteiger partial charge in [-0.2, -0.15) is 0 Å². The second-order valence-corrected chi connectivity index (χ2v) is 5.45. The Morgan fingerprint density at radius 2 is 2.17 bits per heavy atom. The molecule has 18 heavy (non-hydrogen) atoms. The van der Waals surface area contributed by atoms with Crippen LogP contribution in [-0.2, 0) is 0 Å². The van der Waals surface area contributed by atoms with Crippen LogP contribution in [0.5, 0.6) is 5.75 Å². The topological polar surface area (TPSA) is 78.4 Å². The van der Waals surface area contributed by atoms with E-state index in [-0.39, 0.29) is 23.2 Å². The first-order chi connectivity index (χ1) is 8.34. The summed E-state index contributed by atoms with van der Waals surface area (Å²) in [5.74, 6) is 0.368. The number of nitrogens with zero attached hydrogens (tertiary/aromatic N) is 1. The monoisotopic (exact) mass is 250 g/mol. The van der Waals surface area contributed by atoms with Gasteiger partial charge in [0.15, 0.2) is 5.75 Å². The summed E-state index contributed by atoms with van der Waals surface area (Å²) < 4.78 is 5.84. The Morgan fingerprint density at radius 3 is 2.67 bits per heavy atom. The zero-order chi connectivity index (χ0) is 13.5. The number of ether oxygens (including phenoxy) is 1. The average Bonchev–Trinajstić information content (AvgIpc) is 2.30. The maximum Gasteiger partial charge on any atom is 0.311 e. The summed E-state index contributed by atoms with van der Waals surface area (Å²) in [7, 11) is 0. The molecule has 0 heterocycles. The third-order valence-electron chi connectivity index (χ3n) is 3.90. The van der Waals surface area contributed by atoms with Crippen LogP contribution in [0, 0.1) is 22.5 Å². The molecule has 0 spiro atoms. The number of nitro benzene ring substituents is 1. The van der Waals surface area contributed by atoms with Crippen LogP contribution in [0.25, 0.3) is 0 Å². The maximum absolute atomic E-state index is 11.0. The zero-order valence-electron chi connectivity index (χ0n) is 10.8. The van der Waals surface area contributed by atoms with Crippen LogP contribution in [0.4, 0.5) is 5.69 Å². The van der Waals surface area contributed by atoms with E-state index in [9.17, 15) is 10.1 Å². The fourth-order valence-electron chi connectivity index (χ4n) is 2.19. The largest absolute Gasteiger partial charge is 0.483 e. The van der Waals surface area contributed by atoms with Crippen molar-refractivity contribution < 1.29 is 9.66 Å². The Balaban J connectivity index is 2.27. The first kappa shape index (κ1) is 12.8. The standard InChI is InChI=1S/C13H18N2O3/c1-8-5-4-6-9(15(16)17)12(8)18-11-7-10(14)13(11,2)3/h4-6,10-11H,7,14H2,1-3H3. The van der Waals surface area contributed by atoms with Crippen molar-refractivity contribution in [3.8, 4) is 5.75 Å². The van der Waals surface area contributed by atoms with Crippen LogP contribution < -0.4 is 10.5 Å². The molecule has 0 saturated heterocycles. The smallest absolute Gasteiger partial charge is 0.311 e. The van der Waals surface area contributed by atoms with Crippen molar-refractivity contribution in [1.29, 1.82) is 0 Å². The highest BCUT2D eigenvalue weighted by atomic mass is 16.6. The molecule has 1 aliphatic rings. The van der Waals surface area contributed by atoms with Gasteiger partial charge in [0.1, 0.15) is 6.10 Å². The molecular weight excluding hydrogens is 232 g/mol. The van der Waals surface area contributed by atoms with Crippen molar-refractivity contribution in [2.45, 2.75) is 39.3 Å². The van der Waals surface area contributed by atoms with E-state index in [1.165, 1.54) is 6.07 Å². The van der Waals surface area contributed by atoms with Gasteiger partial charge in [0, 0.05) is 23.9 Å². The fourth-order valence-corrected chi connectivity index (χ4v) is 2.19. The highest BCUT2D eigenvalue weighted by molar-refractivity contribution is 5.51. The summed E-state index contributed by atoms with van der Waals surface area (Å²) in [5.41, 5.74) is 6.58. The summed E-state index contributed by atoms with van der Waals surface area (Å²) in [4.78, 5) is 10.6. The van der Waals surface area contributed by atoms with Crippen LogP contribution in [-0.4, -0.2) is 17.1 Å². The van der Waals surface area contributed by atoms with E-state index in [1.54, 1.807) is 6.07 Å². The second-order valence-electron chi connectivity index (χ2n) is 5.45. The third-order valence-corrected chi connectivity index (χ3v) is 3.90. The quantitative estimate of drug-likeness (QED) is 0.660. The Morgan fingerprint density at radius 1 is 1.50 bits per heavy atom. The van der Waals surface area contributed by atoms with Gasteiger partial charge in [-0.05, 0) is 12.5 Å². The molecule has 0 bridgehead atoms. The summed E-state index contributed by atoms with van der Waals surface area (Å²) in [6, 6.07) is 5.03. The minimum Gasteiger partial charge on any atom is -0.483 e. The first-order valence-corrected chi connectivity index (χ1v) is 6.00. The van der Waals surface area contributed by atoms with Gasteiger partial charge in [-0.15, -0.1) is 0 Å². The van der Waals surface area contributed by atoms with Crippen LogP contribution in [0.2, 0.25) is 0 Å². The van der Waals surface area contributed by atoms with Crippen LogP contribution in [0.3, 0.4) is 0 Å². The lowest BCUT2D eigenvalue weighted by Crippen LogP contribution is -2.60. The maximum atomic E-state index is 11.0. The number of benzene rings is 1. The van der Waals surface area contributed by atoms with Crippen molar-refractivity contribution in [2.75, 3.05) is 0 Å². The van der Waals surface area contributed by atoms with Gasteiger partial charge in [-0.1, -0.05) is 26.0 Å². The highest BCUT2D eigenvalue weighted by Gasteiger charge is 2.48. The molecule has 0 radical (unpaired) electrons. The summed E-state index contributed by atoms with van der Waals surface area (Å²) in [6.07, 6.45) is 0.672. The predicted molar refractivity (Wildman–Crippen MR) is 68.6 cm³/mol. The number of para-hydroxylation sites is 1. The molecule has 5 heteroatoms. The second kappa shape index (κ2) is 4.24. The summed E-state index contributed by atoms with van der Waals surface area (Å²) in [6.45, 7) is 5.86. The molecule has 0 amide bonds. The first-order valence-electron chi connectivity index (χ1n) is 6.00. The van der Waals surface area contributed by atoms with E-state index in [2.05, 4.69) is 0 Å². The lowest BCUT2D eigenvalue weighted by Gasteiger charge is -2.49. The molecule has 0 aromatic heterocycles. The lowest BCUT2D eigenvalue weighted by molar-refractivity contribution is -0.386. The normalized spacial score (nSPS) is 25.3. The molecule has 2 atom stereocenters. The average molecular weight is 250 g/mol. The SMILES string of the molecule is Cc1cccc([N+](=O)[O-])c1OC1CC(N)C1(C)C. The molecule has 98 valence electrons.